The second kappa shape index (κ2) is 6.05. The van der Waals surface area contributed by atoms with Crippen LogP contribution in [-0.4, -0.2) is 5.78 Å². The van der Waals surface area contributed by atoms with Crippen molar-refractivity contribution in [3.05, 3.63) is 75.3 Å². The van der Waals surface area contributed by atoms with Crippen LogP contribution < -0.4 is 0 Å². The Labute approximate surface area is 122 Å². The highest BCUT2D eigenvalue weighted by molar-refractivity contribution is 6.36. The van der Waals surface area contributed by atoms with E-state index in [4.69, 9.17) is 23.2 Å². The molecule has 2 aromatic rings. The fourth-order valence-electron chi connectivity index (χ4n) is 1.72. The highest BCUT2D eigenvalue weighted by atomic mass is 35.5. The maximum Gasteiger partial charge on any atom is 0.187 e. The Bertz CT molecular complexity index is 645. The van der Waals surface area contributed by atoms with E-state index in [-0.39, 0.29) is 5.78 Å². The van der Waals surface area contributed by atoms with E-state index in [9.17, 15) is 4.79 Å². The van der Waals surface area contributed by atoms with Crippen molar-refractivity contribution in [2.45, 2.75) is 6.92 Å². The van der Waals surface area contributed by atoms with E-state index in [1.54, 1.807) is 24.3 Å². The van der Waals surface area contributed by atoms with Gasteiger partial charge in [-0.05, 0) is 42.3 Å². The SMILES string of the molecule is Cc1ccccc1/C=C/C(=O)c1cc(Cl)ccc1Cl. The molecule has 0 aliphatic rings. The van der Waals surface area contributed by atoms with Crippen LogP contribution in [0.15, 0.2) is 48.5 Å². The number of halogens is 2. The number of carbonyl (C=O) groups excluding carboxylic acids is 1. The van der Waals surface area contributed by atoms with Crippen molar-refractivity contribution in [3.8, 4) is 0 Å². The first kappa shape index (κ1) is 13.9. The molecule has 0 aromatic heterocycles. The van der Waals surface area contributed by atoms with Gasteiger partial charge < -0.3 is 0 Å². The third-order valence-corrected chi connectivity index (χ3v) is 3.36. The van der Waals surface area contributed by atoms with Crippen LogP contribution in [0.1, 0.15) is 21.5 Å². The molecule has 19 heavy (non-hydrogen) atoms. The van der Waals surface area contributed by atoms with Gasteiger partial charge in [0.2, 0.25) is 0 Å². The van der Waals surface area contributed by atoms with Crippen molar-refractivity contribution in [1.29, 1.82) is 0 Å². The van der Waals surface area contributed by atoms with E-state index >= 15 is 0 Å². The molecule has 0 saturated carbocycles. The zero-order chi connectivity index (χ0) is 13.8. The largest absolute Gasteiger partial charge is 0.289 e. The van der Waals surface area contributed by atoms with E-state index in [2.05, 4.69) is 0 Å². The van der Waals surface area contributed by atoms with Gasteiger partial charge in [0.15, 0.2) is 5.78 Å². The standard InChI is InChI=1S/C16H12Cl2O/c1-11-4-2-3-5-12(11)6-9-16(19)14-10-13(17)7-8-15(14)18/h2-10H,1H3/b9-6+. The van der Waals surface area contributed by atoms with Gasteiger partial charge in [0, 0.05) is 10.6 Å². The zero-order valence-corrected chi connectivity index (χ0v) is 11.9. The van der Waals surface area contributed by atoms with Gasteiger partial charge in [-0.3, -0.25) is 4.79 Å². The molecule has 2 aromatic carbocycles. The second-order valence-electron chi connectivity index (χ2n) is 4.18. The molecule has 1 nitrogen and oxygen atoms in total. The van der Waals surface area contributed by atoms with Crippen LogP contribution in [0.5, 0.6) is 0 Å². The number of allylic oxidation sites excluding steroid dienone is 1. The number of rotatable bonds is 3. The summed E-state index contributed by atoms with van der Waals surface area (Å²) in [4.78, 5) is 12.1. The highest BCUT2D eigenvalue weighted by Crippen LogP contribution is 2.21. The van der Waals surface area contributed by atoms with E-state index in [0.29, 0.717) is 15.6 Å². The minimum atomic E-state index is -0.157. The molecule has 0 atom stereocenters. The van der Waals surface area contributed by atoms with Gasteiger partial charge in [0.25, 0.3) is 0 Å². The minimum absolute atomic E-state index is 0.157. The molecule has 0 N–H and O–H groups in total. The summed E-state index contributed by atoms with van der Waals surface area (Å²) in [7, 11) is 0. The predicted octanol–water partition coefficient (Wildman–Crippen LogP) is 5.20. The molecule has 0 unspecified atom stereocenters. The number of benzene rings is 2. The first-order chi connectivity index (χ1) is 9.08. The van der Waals surface area contributed by atoms with Crippen molar-refractivity contribution in [3.63, 3.8) is 0 Å². The molecule has 0 amide bonds. The smallest absolute Gasteiger partial charge is 0.187 e. The Kier molecular flexibility index (Phi) is 4.41. The summed E-state index contributed by atoms with van der Waals surface area (Å²) < 4.78 is 0. The van der Waals surface area contributed by atoms with E-state index < -0.39 is 0 Å². The molecule has 0 saturated heterocycles. The summed E-state index contributed by atoms with van der Waals surface area (Å²) in [5.74, 6) is -0.157. The van der Waals surface area contributed by atoms with Crippen LogP contribution in [0.3, 0.4) is 0 Å². The van der Waals surface area contributed by atoms with Crippen LogP contribution in [0.25, 0.3) is 6.08 Å². The Hall–Kier alpha value is -1.57. The third-order valence-electron chi connectivity index (χ3n) is 2.80. The third kappa shape index (κ3) is 3.46. The lowest BCUT2D eigenvalue weighted by Crippen LogP contribution is -1.95. The van der Waals surface area contributed by atoms with Crippen molar-refractivity contribution in [2.24, 2.45) is 0 Å². The average Bonchev–Trinajstić information content (AvgIpc) is 2.40. The van der Waals surface area contributed by atoms with Crippen LogP contribution in [0.2, 0.25) is 10.0 Å². The summed E-state index contributed by atoms with van der Waals surface area (Å²) in [6.07, 6.45) is 3.30. The van der Waals surface area contributed by atoms with E-state index in [1.165, 1.54) is 6.08 Å². The second-order valence-corrected chi connectivity index (χ2v) is 5.02. The highest BCUT2D eigenvalue weighted by Gasteiger charge is 2.08. The van der Waals surface area contributed by atoms with Crippen molar-refractivity contribution in [1.82, 2.24) is 0 Å². The summed E-state index contributed by atoms with van der Waals surface area (Å²) >= 11 is 11.9. The molecular formula is C16H12Cl2O. The molecule has 0 aliphatic heterocycles. The number of ketones is 1. The van der Waals surface area contributed by atoms with Gasteiger partial charge in [-0.2, -0.15) is 0 Å². The number of hydrogen-bond donors (Lipinski definition) is 0. The van der Waals surface area contributed by atoms with Gasteiger partial charge in [0.1, 0.15) is 0 Å². The maximum atomic E-state index is 12.1. The van der Waals surface area contributed by atoms with Gasteiger partial charge in [-0.1, -0.05) is 53.5 Å². The lowest BCUT2D eigenvalue weighted by molar-refractivity contribution is 0.104. The van der Waals surface area contributed by atoms with E-state index in [0.717, 1.165) is 11.1 Å². The molecule has 2 rings (SSSR count). The molecule has 0 heterocycles. The molecule has 0 bridgehead atoms. The Balaban J connectivity index is 2.26. The first-order valence-electron chi connectivity index (χ1n) is 5.81. The lowest BCUT2D eigenvalue weighted by Gasteiger charge is -2.01. The van der Waals surface area contributed by atoms with Crippen molar-refractivity contribution in [2.75, 3.05) is 0 Å². The van der Waals surface area contributed by atoms with Crippen LogP contribution >= 0.6 is 23.2 Å². The first-order valence-corrected chi connectivity index (χ1v) is 6.56. The van der Waals surface area contributed by atoms with Crippen LogP contribution in [-0.2, 0) is 0 Å². The monoisotopic (exact) mass is 290 g/mol. The van der Waals surface area contributed by atoms with Crippen molar-refractivity contribution >= 4 is 35.1 Å². The summed E-state index contributed by atoms with van der Waals surface area (Å²) in [5.41, 5.74) is 2.54. The Morgan fingerprint density at radius 3 is 2.58 bits per heavy atom. The Morgan fingerprint density at radius 2 is 1.84 bits per heavy atom. The maximum absolute atomic E-state index is 12.1. The molecule has 96 valence electrons. The fourth-order valence-corrected chi connectivity index (χ4v) is 2.10. The topological polar surface area (TPSA) is 17.1 Å². The van der Waals surface area contributed by atoms with Gasteiger partial charge >= 0.3 is 0 Å². The van der Waals surface area contributed by atoms with Gasteiger partial charge in [-0.25, -0.2) is 0 Å². The van der Waals surface area contributed by atoms with Gasteiger partial charge in [0.05, 0.1) is 5.02 Å². The quantitative estimate of drug-likeness (QED) is 0.561. The normalized spacial score (nSPS) is 10.9. The summed E-state index contributed by atoms with van der Waals surface area (Å²) in [5, 5.41) is 0.904. The molecule has 0 fully saturated rings. The predicted molar refractivity (Wildman–Crippen MR) is 81.0 cm³/mol. The van der Waals surface area contributed by atoms with Crippen LogP contribution in [0.4, 0.5) is 0 Å². The molecule has 0 radical (unpaired) electrons. The van der Waals surface area contributed by atoms with Gasteiger partial charge in [-0.15, -0.1) is 0 Å². The number of aryl methyl sites for hydroxylation is 1. The number of carbonyl (C=O) groups is 1. The van der Waals surface area contributed by atoms with Crippen molar-refractivity contribution < 1.29 is 4.79 Å². The summed E-state index contributed by atoms with van der Waals surface area (Å²) in [6.45, 7) is 2.00. The molecule has 0 aliphatic carbocycles. The minimum Gasteiger partial charge on any atom is -0.289 e. The lowest BCUT2D eigenvalue weighted by atomic mass is 10.1. The molecule has 3 heteroatoms. The van der Waals surface area contributed by atoms with Crippen LogP contribution in [0, 0.1) is 6.92 Å². The summed E-state index contributed by atoms with van der Waals surface area (Å²) in [6, 6.07) is 12.7. The Morgan fingerprint density at radius 1 is 1.11 bits per heavy atom. The number of hydrogen-bond acceptors (Lipinski definition) is 1. The molecule has 0 spiro atoms. The molecular weight excluding hydrogens is 279 g/mol. The fraction of sp³-hybridized carbons (Fsp3) is 0.0625. The zero-order valence-electron chi connectivity index (χ0n) is 10.4. The average molecular weight is 291 g/mol. The van der Waals surface area contributed by atoms with E-state index in [1.807, 2.05) is 31.2 Å².